The summed E-state index contributed by atoms with van der Waals surface area (Å²) in [4.78, 5) is 11.5. The molecule has 0 atom stereocenters. The first kappa shape index (κ1) is 11.0. The molecule has 0 saturated heterocycles. The minimum Gasteiger partial charge on any atom is -0.508 e. The van der Waals surface area contributed by atoms with E-state index in [0.717, 1.165) is 24.0 Å². The van der Waals surface area contributed by atoms with Crippen LogP contribution in [0.25, 0.3) is 0 Å². The van der Waals surface area contributed by atoms with Crippen molar-refractivity contribution in [3.05, 3.63) is 29.3 Å². The lowest BCUT2D eigenvalue weighted by Crippen LogP contribution is -2.32. The Hall–Kier alpha value is -1.51. The van der Waals surface area contributed by atoms with Gasteiger partial charge in [0.1, 0.15) is 5.75 Å². The van der Waals surface area contributed by atoms with E-state index in [-0.39, 0.29) is 5.75 Å². The Kier molecular flexibility index (Phi) is 2.62. The summed E-state index contributed by atoms with van der Waals surface area (Å²) in [6.07, 6.45) is 3.23. The van der Waals surface area contributed by atoms with Crippen LogP contribution in [0.5, 0.6) is 5.75 Å². The number of carboxylic acids is 1. The lowest BCUT2D eigenvalue weighted by Gasteiger charge is -2.24. The largest absolute Gasteiger partial charge is 0.508 e. The van der Waals surface area contributed by atoms with Crippen LogP contribution in [0.2, 0.25) is 0 Å². The van der Waals surface area contributed by atoms with Crippen molar-refractivity contribution in [1.29, 1.82) is 0 Å². The fourth-order valence-corrected chi connectivity index (χ4v) is 2.64. The van der Waals surface area contributed by atoms with Gasteiger partial charge in [0.25, 0.3) is 0 Å². The molecule has 86 valence electrons. The zero-order valence-corrected chi connectivity index (χ0v) is 9.36. The number of benzene rings is 1. The van der Waals surface area contributed by atoms with Crippen molar-refractivity contribution in [3.8, 4) is 5.75 Å². The summed E-state index contributed by atoms with van der Waals surface area (Å²) in [6.45, 7) is 1.87. The zero-order chi connectivity index (χ0) is 11.8. The smallest absolute Gasteiger partial charge is 0.314 e. The third-order valence-corrected chi connectivity index (χ3v) is 3.48. The van der Waals surface area contributed by atoms with Crippen molar-refractivity contribution in [2.45, 2.75) is 38.0 Å². The van der Waals surface area contributed by atoms with Crippen LogP contribution in [0.1, 0.15) is 36.8 Å². The number of hydrogen-bond acceptors (Lipinski definition) is 2. The molecule has 3 nitrogen and oxygen atoms in total. The van der Waals surface area contributed by atoms with E-state index in [1.54, 1.807) is 12.1 Å². The molecular formula is C13H16O3. The number of carboxylic acid groups (broad SMARTS) is 1. The molecule has 2 rings (SSSR count). The second-order valence-corrected chi connectivity index (χ2v) is 4.65. The van der Waals surface area contributed by atoms with E-state index in [1.807, 2.05) is 13.0 Å². The first-order valence-electron chi connectivity index (χ1n) is 5.59. The highest BCUT2D eigenvalue weighted by molar-refractivity contribution is 5.82. The van der Waals surface area contributed by atoms with Crippen LogP contribution in [0.3, 0.4) is 0 Å². The van der Waals surface area contributed by atoms with Crippen LogP contribution < -0.4 is 0 Å². The number of hydrogen-bond donors (Lipinski definition) is 2. The predicted molar refractivity (Wildman–Crippen MR) is 60.6 cm³/mol. The molecule has 1 aliphatic rings. The maximum Gasteiger partial charge on any atom is 0.314 e. The quantitative estimate of drug-likeness (QED) is 0.805. The van der Waals surface area contributed by atoms with Gasteiger partial charge >= 0.3 is 5.97 Å². The molecule has 0 amide bonds. The summed E-state index contributed by atoms with van der Waals surface area (Å²) in [5, 5.41) is 19.0. The van der Waals surface area contributed by atoms with E-state index >= 15 is 0 Å². The fraction of sp³-hybridized carbons (Fsp3) is 0.462. The molecule has 0 radical (unpaired) electrons. The predicted octanol–water partition coefficient (Wildman–Crippen LogP) is 2.60. The Bertz CT molecular complexity index is 397. The second-order valence-electron chi connectivity index (χ2n) is 4.65. The summed E-state index contributed by atoms with van der Waals surface area (Å²) in [5.41, 5.74) is 0.876. The molecule has 0 aliphatic heterocycles. The van der Waals surface area contributed by atoms with Crippen molar-refractivity contribution < 1.29 is 15.0 Å². The average Bonchev–Trinajstić information content (AvgIpc) is 2.65. The van der Waals surface area contributed by atoms with Gasteiger partial charge in [-0.25, -0.2) is 0 Å². The Morgan fingerprint density at radius 2 is 1.88 bits per heavy atom. The maximum atomic E-state index is 11.5. The van der Waals surface area contributed by atoms with Gasteiger partial charge in [-0.1, -0.05) is 18.9 Å². The summed E-state index contributed by atoms with van der Waals surface area (Å²) < 4.78 is 0. The van der Waals surface area contributed by atoms with E-state index in [1.165, 1.54) is 0 Å². The number of aromatic hydroxyl groups is 1. The van der Waals surface area contributed by atoms with Crippen LogP contribution in [0, 0.1) is 6.92 Å². The third-order valence-electron chi connectivity index (χ3n) is 3.48. The number of phenolic OH excluding ortho intramolecular Hbond substituents is 1. The molecule has 0 spiro atoms. The highest BCUT2D eigenvalue weighted by atomic mass is 16.4. The Labute approximate surface area is 94.7 Å². The summed E-state index contributed by atoms with van der Waals surface area (Å²) >= 11 is 0. The van der Waals surface area contributed by atoms with Crippen molar-refractivity contribution >= 4 is 5.97 Å². The molecule has 0 aromatic heterocycles. The van der Waals surface area contributed by atoms with Crippen molar-refractivity contribution in [2.24, 2.45) is 0 Å². The molecule has 2 N–H and O–H groups in total. The number of phenols is 1. The second kappa shape index (κ2) is 3.81. The molecule has 3 heteroatoms. The van der Waals surface area contributed by atoms with Crippen molar-refractivity contribution in [3.63, 3.8) is 0 Å². The van der Waals surface area contributed by atoms with Crippen LogP contribution in [-0.4, -0.2) is 16.2 Å². The minimum absolute atomic E-state index is 0.155. The maximum absolute atomic E-state index is 11.5. The van der Waals surface area contributed by atoms with Crippen LogP contribution in [0.4, 0.5) is 0 Å². The normalized spacial score (nSPS) is 18.6. The topological polar surface area (TPSA) is 57.5 Å². The highest BCUT2D eigenvalue weighted by Gasteiger charge is 2.43. The lowest BCUT2D eigenvalue weighted by atomic mass is 9.78. The fourth-order valence-electron chi connectivity index (χ4n) is 2.64. The number of carbonyl (C=O) groups is 1. The van der Waals surface area contributed by atoms with Gasteiger partial charge in [-0.3, -0.25) is 4.79 Å². The SMILES string of the molecule is Cc1cc(O)cc(C2(C(=O)O)CCCC2)c1. The minimum atomic E-state index is -0.774. The van der Waals surface area contributed by atoms with Crippen molar-refractivity contribution in [1.82, 2.24) is 0 Å². The van der Waals surface area contributed by atoms with E-state index < -0.39 is 11.4 Å². The van der Waals surface area contributed by atoms with Crippen LogP contribution in [0.15, 0.2) is 18.2 Å². The van der Waals surface area contributed by atoms with Gasteiger partial charge in [0, 0.05) is 0 Å². The van der Waals surface area contributed by atoms with Crippen LogP contribution >= 0.6 is 0 Å². The summed E-state index contributed by atoms with van der Waals surface area (Å²) in [6, 6.07) is 5.11. The van der Waals surface area contributed by atoms with Gasteiger partial charge in [0.15, 0.2) is 0 Å². The van der Waals surface area contributed by atoms with Gasteiger partial charge in [-0.05, 0) is 43.0 Å². The Morgan fingerprint density at radius 1 is 1.25 bits per heavy atom. The van der Waals surface area contributed by atoms with Gasteiger partial charge in [0.05, 0.1) is 5.41 Å². The molecule has 1 fully saturated rings. The monoisotopic (exact) mass is 220 g/mol. The lowest BCUT2D eigenvalue weighted by molar-refractivity contribution is -0.143. The molecule has 0 unspecified atom stereocenters. The van der Waals surface area contributed by atoms with E-state index in [4.69, 9.17) is 0 Å². The van der Waals surface area contributed by atoms with E-state index in [9.17, 15) is 15.0 Å². The van der Waals surface area contributed by atoms with E-state index in [2.05, 4.69) is 0 Å². The Balaban J connectivity index is 2.51. The first-order valence-corrected chi connectivity index (χ1v) is 5.59. The van der Waals surface area contributed by atoms with Crippen molar-refractivity contribution in [2.75, 3.05) is 0 Å². The molecule has 1 aliphatic carbocycles. The first-order chi connectivity index (χ1) is 7.54. The third kappa shape index (κ3) is 1.66. The van der Waals surface area contributed by atoms with Gasteiger partial charge < -0.3 is 10.2 Å². The van der Waals surface area contributed by atoms with E-state index in [0.29, 0.717) is 12.8 Å². The standard InChI is InChI=1S/C13H16O3/c1-9-6-10(8-11(14)7-9)13(12(15)16)4-2-3-5-13/h6-8,14H,2-5H2,1H3,(H,15,16). The van der Waals surface area contributed by atoms with Crippen LogP contribution in [-0.2, 0) is 10.2 Å². The highest BCUT2D eigenvalue weighted by Crippen LogP contribution is 2.42. The average molecular weight is 220 g/mol. The molecular weight excluding hydrogens is 204 g/mol. The molecule has 1 aromatic rings. The van der Waals surface area contributed by atoms with Gasteiger partial charge in [-0.15, -0.1) is 0 Å². The molecule has 0 bridgehead atoms. The molecule has 1 saturated carbocycles. The Morgan fingerprint density at radius 3 is 2.38 bits per heavy atom. The molecule has 1 aromatic carbocycles. The summed E-state index contributed by atoms with van der Waals surface area (Å²) in [5.74, 6) is -0.613. The zero-order valence-electron chi connectivity index (χ0n) is 9.36. The number of aryl methyl sites for hydroxylation is 1. The number of rotatable bonds is 2. The number of aliphatic carboxylic acids is 1. The molecule has 0 heterocycles. The van der Waals surface area contributed by atoms with Gasteiger partial charge in [-0.2, -0.15) is 0 Å². The van der Waals surface area contributed by atoms with Gasteiger partial charge in [0.2, 0.25) is 0 Å². The summed E-state index contributed by atoms with van der Waals surface area (Å²) in [7, 11) is 0. The molecule has 16 heavy (non-hydrogen) atoms.